The van der Waals surface area contributed by atoms with Crippen LogP contribution in [-0.2, 0) is 9.47 Å². The minimum Gasteiger partial charge on any atom is -0.448 e. The number of nitrogens with one attached hydrogen (secondary N) is 1. The van der Waals surface area contributed by atoms with E-state index in [1.807, 2.05) is 18.2 Å². The number of hydrogen-bond donors (Lipinski definition) is 2. The number of rotatable bonds is 4. The number of hydrogen-bond acceptors (Lipinski definition) is 7. The fourth-order valence-corrected chi connectivity index (χ4v) is 3.36. The van der Waals surface area contributed by atoms with Crippen LogP contribution in [0.5, 0.6) is 0 Å². The van der Waals surface area contributed by atoms with Crippen molar-refractivity contribution < 1.29 is 14.3 Å². The molecule has 22 heavy (non-hydrogen) atoms. The summed E-state index contributed by atoms with van der Waals surface area (Å²) >= 11 is 5.69. The molecule has 0 atom stereocenters. The van der Waals surface area contributed by atoms with Crippen LogP contribution in [0.3, 0.4) is 0 Å². The summed E-state index contributed by atoms with van der Waals surface area (Å²) < 4.78 is 11.4. The van der Waals surface area contributed by atoms with E-state index in [-0.39, 0.29) is 0 Å². The molecule has 0 radical (unpaired) electrons. The second kappa shape index (κ2) is 7.28. The van der Waals surface area contributed by atoms with Gasteiger partial charge in [-0.05, 0) is 18.2 Å². The molecule has 0 unspecified atom stereocenters. The largest absolute Gasteiger partial charge is 0.448 e. The van der Waals surface area contributed by atoms with Crippen LogP contribution in [0.2, 0.25) is 0 Å². The summed E-state index contributed by atoms with van der Waals surface area (Å²) in [5, 5.41) is 3.20. The maximum Gasteiger partial charge on any atom is 0.413 e. The Morgan fingerprint density at radius 1 is 1.45 bits per heavy atom. The standard InChI is InChI=1S/C14H17N3O3S2/c18-14(20-8-5-17-3-6-19-7-4-17)16-13-15-11-2-1-10(21)9-12(11)22-13/h1-2,9,21H,3-8H2,(H,15,16,18). The predicted octanol–water partition coefficient (Wildman–Crippen LogP) is 2.47. The van der Waals surface area contributed by atoms with Gasteiger partial charge in [0.15, 0.2) is 5.13 Å². The zero-order valence-corrected chi connectivity index (χ0v) is 13.7. The van der Waals surface area contributed by atoms with Gasteiger partial charge in [-0.3, -0.25) is 10.2 Å². The Bertz CT molecular complexity index is 656. The van der Waals surface area contributed by atoms with E-state index in [1.165, 1.54) is 11.3 Å². The van der Waals surface area contributed by atoms with Crippen molar-refractivity contribution in [2.45, 2.75) is 4.90 Å². The Kier molecular flexibility index (Phi) is 5.14. The van der Waals surface area contributed by atoms with Crippen molar-refractivity contribution in [1.82, 2.24) is 9.88 Å². The van der Waals surface area contributed by atoms with Crippen LogP contribution in [0.1, 0.15) is 0 Å². The van der Waals surface area contributed by atoms with E-state index >= 15 is 0 Å². The van der Waals surface area contributed by atoms with E-state index in [2.05, 4.69) is 27.8 Å². The molecule has 8 heteroatoms. The zero-order valence-electron chi connectivity index (χ0n) is 11.9. The van der Waals surface area contributed by atoms with Gasteiger partial charge in [0, 0.05) is 24.5 Å². The topological polar surface area (TPSA) is 63.7 Å². The molecule has 2 aromatic rings. The van der Waals surface area contributed by atoms with Gasteiger partial charge in [0.05, 0.1) is 23.4 Å². The SMILES string of the molecule is O=C(Nc1nc2ccc(S)cc2s1)OCCN1CCOCC1. The van der Waals surface area contributed by atoms with Crippen LogP contribution in [-0.4, -0.2) is 55.4 Å². The van der Waals surface area contributed by atoms with E-state index in [0.29, 0.717) is 11.7 Å². The summed E-state index contributed by atoms with van der Waals surface area (Å²) in [6, 6.07) is 5.67. The van der Waals surface area contributed by atoms with Gasteiger partial charge in [-0.1, -0.05) is 11.3 Å². The third-order valence-electron chi connectivity index (χ3n) is 3.33. The molecule has 1 saturated heterocycles. The molecule has 1 aromatic heterocycles. The van der Waals surface area contributed by atoms with Gasteiger partial charge in [0.2, 0.25) is 0 Å². The van der Waals surface area contributed by atoms with Gasteiger partial charge >= 0.3 is 6.09 Å². The number of nitrogens with zero attached hydrogens (tertiary/aromatic N) is 2. The number of morpholine rings is 1. The molecule has 1 amide bonds. The number of carbonyl (C=O) groups excluding carboxylic acids is 1. The van der Waals surface area contributed by atoms with Crippen molar-refractivity contribution in [1.29, 1.82) is 0 Å². The number of thiol groups is 1. The van der Waals surface area contributed by atoms with E-state index in [1.54, 1.807) is 0 Å². The van der Waals surface area contributed by atoms with Gasteiger partial charge in [-0.2, -0.15) is 0 Å². The molecular weight excluding hydrogens is 322 g/mol. The van der Waals surface area contributed by atoms with Crippen molar-refractivity contribution in [2.75, 3.05) is 44.8 Å². The van der Waals surface area contributed by atoms with Gasteiger partial charge in [0.25, 0.3) is 0 Å². The molecule has 2 heterocycles. The lowest BCUT2D eigenvalue weighted by Crippen LogP contribution is -2.38. The molecule has 1 fully saturated rings. The van der Waals surface area contributed by atoms with E-state index in [4.69, 9.17) is 9.47 Å². The van der Waals surface area contributed by atoms with Gasteiger partial charge in [0.1, 0.15) is 6.61 Å². The Morgan fingerprint density at radius 2 is 2.27 bits per heavy atom. The number of ether oxygens (including phenoxy) is 2. The highest BCUT2D eigenvalue weighted by molar-refractivity contribution is 7.80. The third kappa shape index (κ3) is 4.10. The summed E-state index contributed by atoms with van der Waals surface area (Å²) in [5.41, 5.74) is 0.839. The second-order valence-electron chi connectivity index (χ2n) is 4.89. The summed E-state index contributed by atoms with van der Waals surface area (Å²) in [6.07, 6.45) is -0.474. The molecule has 1 aliphatic heterocycles. The van der Waals surface area contributed by atoms with E-state index in [9.17, 15) is 4.79 Å². The molecule has 1 aromatic carbocycles. The lowest BCUT2D eigenvalue weighted by Gasteiger charge is -2.26. The van der Waals surface area contributed by atoms with E-state index < -0.39 is 6.09 Å². The normalized spacial score (nSPS) is 15.9. The van der Waals surface area contributed by atoms with Crippen molar-refractivity contribution in [3.63, 3.8) is 0 Å². The van der Waals surface area contributed by atoms with Crippen molar-refractivity contribution in [3.05, 3.63) is 18.2 Å². The lowest BCUT2D eigenvalue weighted by molar-refractivity contribution is 0.0290. The highest BCUT2D eigenvalue weighted by atomic mass is 32.1. The first kappa shape index (κ1) is 15.5. The highest BCUT2D eigenvalue weighted by Crippen LogP contribution is 2.27. The number of aromatic nitrogens is 1. The third-order valence-corrected chi connectivity index (χ3v) is 4.54. The van der Waals surface area contributed by atoms with Crippen LogP contribution >= 0.6 is 24.0 Å². The fraction of sp³-hybridized carbons (Fsp3) is 0.429. The van der Waals surface area contributed by atoms with Crippen LogP contribution in [0.15, 0.2) is 23.1 Å². The second-order valence-corrected chi connectivity index (χ2v) is 6.43. The van der Waals surface area contributed by atoms with Crippen molar-refractivity contribution in [2.24, 2.45) is 0 Å². The number of anilines is 1. The predicted molar refractivity (Wildman–Crippen MR) is 89.1 cm³/mol. The first-order valence-corrected chi connectivity index (χ1v) is 8.30. The Morgan fingerprint density at radius 3 is 3.09 bits per heavy atom. The maximum absolute atomic E-state index is 11.8. The van der Waals surface area contributed by atoms with Crippen molar-refractivity contribution in [3.8, 4) is 0 Å². The average Bonchev–Trinajstić information content (AvgIpc) is 2.89. The smallest absolute Gasteiger partial charge is 0.413 e. The number of amides is 1. The monoisotopic (exact) mass is 339 g/mol. The Balaban J connectivity index is 1.47. The van der Waals surface area contributed by atoms with Gasteiger partial charge in [-0.25, -0.2) is 9.78 Å². The summed E-state index contributed by atoms with van der Waals surface area (Å²) in [4.78, 5) is 19.2. The van der Waals surface area contributed by atoms with Crippen molar-refractivity contribution >= 4 is 45.4 Å². The molecule has 0 spiro atoms. The molecule has 3 rings (SSSR count). The first-order valence-electron chi connectivity index (χ1n) is 7.04. The number of thiazole rings is 1. The molecule has 0 bridgehead atoms. The summed E-state index contributed by atoms with van der Waals surface area (Å²) in [7, 11) is 0. The van der Waals surface area contributed by atoms with Crippen LogP contribution in [0.25, 0.3) is 10.2 Å². The van der Waals surface area contributed by atoms with Crippen LogP contribution < -0.4 is 5.32 Å². The molecule has 0 aliphatic carbocycles. The van der Waals surface area contributed by atoms with Gasteiger partial charge < -0.3 is 9.47 Å². The minimum atomic E-state index is -0.474. The maximum atomic E-state index is 11.8. The zero-order chi connectivity index (χ0) is 15.4. The molecule has 6 nitrogen and oxygen atoms in total. The lowest BCUT2D eigenvalue weighted by atomic mass is 10.3. The Hall–Kier alpha value is -1.35. The molecule has 118 valence electrons. The molecular formula is C14H17N3O3S2. The minimum absolute atomic E-state index is 0.359. The Labute approximate surface area is 137 Å². The highest BCUT2D eigenvalue weighted by Gasteiger charge is 2.12. The molecule has 1 aliphatic rings. The number of carbonyl (C=O) groups is 1. The molecule has 0 saturated carbocycles. The molecule has 1 N–H and O–H groups in total. The van der Waals surface area contributed by atoms with Crippen LogP contribution in [0, 0.1) is 0 Å². The average molecular weight is 339 g/mol. The number of fused-ring (bicyclic) bond motifs is 1. The summed E-state index contributed by atoms with van der Waals surface area (Å²) in [6.45, 7) is 4.33. The van der Waals surface area contributed by atoms with E-state index in [0.717, 1.165) is 48.0 Å². The quantitative estimate of drug-likeness (QED) is 0.838. The van der Waals surface area contributed by atoms with Crippen LogP contribution in [0.4, 0.5) is 9.93 Å². The first-order chi connectivity index (χ1) is 10.7. The summed E-state index contributed by atoms with van der Waals surface area (Å²) in [5.74, 6) is 0. The van der Waals surface area contributed by atoms with Gasteiger partial charge in [-0.15, -0.1) is 12.6 Å². The number of benzene rings is 1. The fourth-order valence-electron chi connectivity index (χ4n) is 2.18.